The second kappa shape index (κ2) is 9.87. The molecule has 0 aliphatic carbocycles. The van der Waals surface area contributed by atoms with Gasteiger partial charge in [-0.05, 0) is 73.4 Å². The predicted octanol–water partition coefficient (Wildman–Crippen LogP) is 3.92. The van der Waals surface area contributed by atoms with E-state index in [0.29, 0.717) is 17.9 Å². The first-order chi connectivity index (χ1) is 16.6. The number of methoxy groups -OCH3 is 1. The van der Waals surface area contributed by atoms with Crippen LogP contribution in [0.4, 0.5) is 0 Å². The fraction of sp³-hybridized carbons (Fsp3) is 0.444. The van der Waals surface area contributed by atoms with E-state index in [2.05, 4.69) is 17.2 Å². The highest BCUT2D eigenvalue weighted by atomic mass is 16.5. The highest BCUT2D eigenvalue weighted by Gasteiger charge is 2.26. The van der Waals surface area contributed by atoms with Crippen molar-refractivity contribution in [2.45, 2.75) is 44.4 Å². The minimum Gasteiger partial charge on any atom is -0.497 e. The van der Waals surface area contributed by atoms with Gasteiger partial charge in [0.05, 0.1) is 30.8 Å². The van der Waals surface area contributed by atoms with Gasteiger partial charge in [-0.2, -0.15) is 5.10 Å². The summed E-state index contributed by atoms with van der Waals surface area (Å²) in [5.74, 6) is 1.44. The normalized spacial score (nSPS) is 17.2. The van der Waals surface area contributed by atoms with E-state index in [1.165, 1.54) is 12.0 Å². The first-order valence-corrected chi connectivity index (χ1v) is 12.3. The number of aromatic nitrogens is 2. The van der Waals surface area contributed by atoms with Crippen molar-refractivity contribution in [2.75, 3.05) is 33.3 Å². The van der Waals surface area contributed by atoms with Crippen molar-refractivity contribution >= 4 is 17.3 Å². The maximum absolute atomic E-state index is 13.1. The number of ether oxygens (including phenoxy) is 1. The molecule has 3 aromatic rings. The molecule has 5 rings (SSSR count). The van der Waals surface area contributed by atoms with E-state index in [4.69, 9.17) is 4.74 Å². The van der Waals surface area contributed by atoms with Crippen molar-refractivity contribution in [1.82, 2.24) is 19.4 Å². The van der Waals surface area contributed by atoms with Gasteiger partial charge in [0.15, 0.2) is 0 Å². The third-order valence-corrected chi connectivity index (χ3v) is 7.25. The fourth-order valence-corrected chi connectivity index (χ4v) is 5.18. The lowest BCUT2D eigenvalue weighted by Crippen LogP contribution is -2.38. The first kappa shape index (κ1) is 22.4. The average molecular weight is 461 g/mol. The smallest absolute Gasteiger partial charge is 0.257 e. The van der Waals surface area contributed by atoms with Gasteiger partial charge in [-0.1, -0.05) is 12.1 Å². The van der Waals surface area contributed by atoms with Gasteiger partial charge in [0, 0.05) is 32.4 Å². The van der Waals surface area contributed by atoms with Gasteiger partial charge in [0.25, 0.3) is 5.91 Å². The zero-order chi connectivity index (χ0) is 23.5. The summed E-state index contributed by atoms with van der Waals surface area (Å²) < 4.78 is 7.00. The number of benzene rings is 1. The summed E-state index contributed by atoms with van der Waals surface area (Å²) in [7, 11) is 1.64. The number of likely N-dealkylation sites (tertiary alicyclic amines) is 2. The Hall–Kier alpha value is -3.35. The van der Waals surface area contributed by atoms with E-state index in [1.807, 2.05) is 40.3 Å². The van der Waals surface area contributed by atoms with Crippen molar-refractivity contribution in [1.29, 1.82) is 0 Å². The van der Waals surface area contributed by atoms with Gasteiger partial charge in [-0.15, -0.1) is 0 Å². The molecule has 0 radical (unpaired) electrons. The molecule has 0 N–H and O–H groups in total. The molecule has 2 saturated heterocycles. The number of carbonyl (C=O) groups is 2. The molecule has 2 aromatic heterocycles. The van der Waals surface area contributed by atoms with E-state index in [9.17, 15) is 9.59 Å². The topological polar surface area (TPSA) is 67.2 Å². The van der Waals surface area contributed by atoms with Crippen LogP contribution in [-0.2, 0) is 11.2 Å². The zero-order valence-electron chi connectivity index (χ0n) is 19.8. The second-order valence-corrected chi connectivity index (χ2v) is 9.38. The molecule has 178 valence electrons. The number of nitrogens with zero attached hydrogens (tertiary/aromatic N) is 4. The Bertz CT molecular complexity index is 1160. The van der Waals surface area contributed by atoms with Crippen LogP contribution in [0, 0.1) is 0 Å². The van der Waals surface area contributed by atoms with Crippen LogP contribution in [0.3, 0.4) is 0 Å². The molecule has 0 atom stereocenters. The number of piperidine rings is 2. The summed E-state index contributed by atoms with van der Waals surface area (Å²) in [6, 6.07) is 11.9. The lowest BCUT2D eigenvalue weighted by Gasteiger charge is -2.32. The van der Waals surface area contributed by atoms with E-state index < -0.39 is 0 Å². The van der Waals surface area contributed by atoms with Gasteiger partial charge in [-0.3, -0.25) is 9.59 Å². The standard InChI is InChI=1S/C27H32N4O3/c1-34-23-7-5-20(6-8-23)17-26(32)29-14-9-21(10-15-29)22-11-16-31-25(18-22)24(19-28-31)27(33)30-12-3-2-4-13-30/h5-8,11,16,18-19,21H,2-4,9-10,12-15,17H2,1H3. The van der Waals surface area contributed by atoms with Crippen LogP contribution in [0.15, 0.2) is 48.8 Å². The molecule has 0 saturated carbocycles. The number of pyridine rings is 1. The minimum absolute atomic E-state index is 0.0887. The molecule has 0 bridgehead atoms. The Kier molecular flexibility index (Phi) is 6.52. The Labute approximate surface area is 200 Å². The van der Waals surface area contributed by atoms with Crippen LogP contribution in [0.5, 0.6) is 5.75 Å². The molecule has 7 heteroatoms. The summed E-state index contributed by atoms with van der Waals surface area (Å²) in [5.41, 5.74) is 3.80. The van der Waals surface area contributed by atoms with Gasteiger partial charge in [-0.25, -0.2) is 4.52 Å². The van der Waals surface area contributed by atoms with Crippen molar-refractivity contribution < 1.29 is 14.3 Å². The van der Waals surface area contributed by atoms with Crippen LogP contribution >= 0.6 is 0 Å². The molecular weight excluding hydrogens is 428 g/mol. The van der Waals surface area contributed by atoms with Crippen LogP contribution in [0.25, 0.3) is 5.52 Å². The van der Waals surface area contributed by atoms with E-state index >= 15 is 0 Å². The number of amides is 2. The molecule has 2 fully saturated rings. The van der Waals surface area contributed by atoms with Crippen LogP contribution in [0.1, 0.15) is 59.5 Å². The molecule has 2 aliphatic rings. The Morgan fingerprint density at radius 3 is 2.41 bits per heavy atom. The zero-order valence-corrected chi connectivity index (χ0v) is 19.8. The van der Waals surface area contributed by atoms with Crippen molar-refractivity contribution in [3.63, 3.8) is 0 Å². The van der Waals surface area contributed by atoms with Crippen molar-refractivity contribution in [3.05, 3.63) is 65.5 Å². The van der Waals surface area contributed by atoms with Gasteiger partial charge in [0.1, 0.15) is 5.75 Å². The Morgan fingerprint density at radius 2 is 1.71 bits per heavy atom. The third kappa shape index (κ3) is 4.65. The van der Waals surface area contributed by atoms with E-state index in [1.54, 1.807) is 17.8 Å². The van der Waals surface area contributed by atoms with Crippen LogP contribution in [0.2, 0.25) is 0 Å². The number of hydrogen-bond acceptors (Lipinski definition) is 4. The molecule has 4 heterocycles. The van der Waals surface area contributed by atoms with Crippen molar-refractivity contribution in [2.24, 2.45) is 0 Å². The highest BCUT2D eigenvalue weighted by molar-refractivity contribution is 6.00. The quantitative estimate of drug-likeness (QED) is 0.579. The molecule has 2 amide bonds. The lowest BCUT2D eigenvalue weighted by atomic mass is 9.89. The number of carbonyl (C=O) groups excluding carboxylic acids is 2. The summed E-state index contributed by atoms with van der Waals surface area (Å²) in [6.07, 6.45) is 9.28. The van der Waals surface area contributed by atoms with Crippen molar-refractivity contribution in [3.8, 4) is 5.75 Å². The Balaban J connectivity index is 1.23. The van der Waals surface area contributed by atoms with E-state index in [0.717, 1.165) is 68.7 Å². The average Bonchev–Trinajstić information content (AvgIpc) is 3.32. The lowest BCUT2D eigenvalue weighted by molar-refractivity contribution is -0.131. The summed E-state index contributed by atoms with van der Waals surface area (Å²) in [5, 5.41) is 4.42. The van der Waals surface area contributed by atoms with Gasteiger partial charge < -0.3 is 14.5 Å². The monoisotopic (exact) mass is 460 g/mol. The molecule has 0 unspecified atom stereocenters. The molecule has 1 aromatic carbocycles. The van der Waals surface area contributed by atoms with Gasteiger partial charge >= 0.3 is 0 Å². The largest absolute Gasteiger partial charge is 0.497 e. The number of fused-ring (bicyclic) bond motifs is 1. The summed E-state index contributed by atoms with van der Waals surface area (Å²) >= 11 is 0. The highest BCUT2D eigenvalue weighted by Crippen LogP contribution is 2.30. The Morgan fingerprint density at radius 1 is 0.971 bits per heavy atom. The maximum atomic E-state index is 13.1. The molecule has 34 heavy (non-hydrogen) atoms. The first-order valence-electron chi connectivity index (χ1n) is 12.3. The summed E-state index contributed by atoms with van der Waals surface area (Å²) in [6.45, 7) is 3.17. The van der Waals surface area contributed by atoms with Crippen LogP contribution in [-0.4, -0.2) is 64.5 Å². The minimum atomic E-state index is 0.0887. The molecule has 0 spiro atoms. The van der Waals surface area contributed by atoms with E-state index in [-0.39, 0.29) is 11.8 Å². The maximum Gasteiger partial charge on any atom is 0.257 e. The van der Waals surface area contributed by atoms with Gasteiger partial charge in [0.2, 0.25) is 5.91 Å². The SMILES string of the molecule is COc1ccc(CC(=O)N2CCC(c3ccn4ncc(C(=O)N5CCCCC5)c4c3)CC2)cc1. The molecule has 2 aliphatic heterocycles. The second-order valence-electron chi connectivity index (χ2n) is 9.38. The summed E-state index contributed by atoms with van der Waals surface area (Å²) in [4.78, 5) is 29.8. The number of hydrogen-bond donors (Lipinski definition) is 0. The fourth-order valence-electron chi connectivity index (χ4n) is 5.18. The predicted molar refractivity (Wildman–Crippen MR) is 130 cm³/mol. The number of rotatable bonds is 5. The molecule has 7 nitrogen and oxygen atoms in total. The third-order valence-electron chi connectivity index (χ3n) is 7.25. The molecular formula is C27H32N4O3. The van der Waals surface area contributed by atoms with Crippen LogP contribution < -0.4 is 4.74 Å².